The first kappa shape index (κ1) is 18.8. The first-order chi connectivity index (χ1) is 12.9. The highest BCUT2D eigenvalue weighted by molar-refractivity contribution is 6.03. The number of hydrogen-bond donors (Lipinski definition) is 2. The van der Waals surface area contributed by atoms with Gasteiger partial charge in [0.1, 0.15) is 11.5 Å². The Bertz CT molecular complexity index is 853. The van der Waals surface area contributed by atoms with E-state index in [1.165, 1.54) is 11.0 Å². The van der Waals surface area contributed by atoms with Gasteiger partial charge in [-0.2, -0.15) is 0 Å². The quantitative estimate of drug-likeness (QED) is 0.850. The lowest BCUT2D eigenvalue weighted by atomic mass is 10.1. The summed E-state index contributed by atoms with van der Waals surface area (Å²) in [6, 6.07) is 10.1. The van der Waals surface area contributed by atoms with Crippen LogP contribution in [0.2, 0.25) is 0 Å². The fraction of sp³-hybridized carbons (Fsp3) is 0.333. The number of hydrogen-bond acceptors (Lipinski definition) is 4. The summed E-state index contributed by atoms with van der Waals surface area (Å²) >= 11 is 0. The number of amides is 2. The third kappa shape index (κ3) is 3.74. The average molecular weight is 368 g/mol. The molecule has 0 fully saturated rings. The summed E-state index contributed by atoms with van der Waals surface area (Å²) in [5, 5.41) is 20.3. The highest BCUT2D eigenvalue weighted by Gasteiger charge is 2.28. The number of aromatic hydroxyl groups is 2. The Kier molecular flexibility index (Phi) is 5.35. The molecule has 0 atom stereocenters. The second-order valence-corrected chi connectivity index (χ2v) is 6.90. The molecule has 2 amide bonds. The molecule has 0 aliphatic carbocycles. The van der Waals surface area contributed by atoms with E-state index in [0.29, 0.717) is 19.6 Å². The molecule has 0 radical (unpaired) electrons. The number of benzene rings is 2. The Hall–Kier alpha value is -3.02. The van der Waals surface area contributed by atoms with Gasteiger partial charge < -0.3 is 20.0 Å². The van der Waals surface area contributed by atoms with Crippen LogP contribution >= 0.6 is 0 Å². The second kappa shape index (κ2) is 7.70. The monoisotopic (exact) mass is 368 g/mol. The van der Waals surface area contributed by atoms with E-state index in [2.05, 4.69) is 0 Å². The number of fused-ring (bicyclic) bond motifs is 1. The van der Waals surface area contributed by atoms with Crippen LogP contribution in [0.4, 0.5) is 0 Å². The molecule has 6 heteroatoms. The molecular weight excluding hydrogens is 344 g/mol. The maximum Gasteiger partial charge on any atom is 0.258 e. The molecule has 6 nitrogen and oxygen atoms in total. The first-order valence-electron chi connectivity index (χ1n) is 9.09. The van der Waals surface area contributed by atoms with Crippen molar-refractivity contribution in [3.8, 4) is 11.5 Å². The molecule has 1 aliphatic rings. The number of phenolic OH excluding ortho intramolecular Hbond substituents is 2. The molecule has 0 unspecified atom stereocenters. The van der Waals surface area contributed by atoms with Gasteiger partial charge in [0.15, 0.2) is 0 Å². The molecule has 2 N–H and O–H groups in total. The normalized spacial score (nSPS) is 12.7. The van der Waals surface area contributed by atoms with Crippen LogP contribution in [0.1, 0.15) is 51.6 Å². The van der Waals surface area contributed by atoms with E-state index in [1.807, 2.05) is 31.2 Å². The minimum Gasteiger partial charge on any atom is -0.507 e. The van der Waals surface area contributed by atoms with E-state index in [0.717, 1.165) is 30.0 Å². The number of unbranched alkanes of at least 4 members (excludes halogenated alkanes) is 1. The molecule has 2 aromatic rings. The van der Waals surface area contributed by atoms with Gasteiger partial charge in [0.25, 0.3) is 11.8 Å². The SMILES string of the molecule is CCCCN(C)C(=O)c1cc(C(=O)N2Cc3ccccc3C2)c(O)cc1O. The van der Waals surface area contributed by atoms with Crippen LogP contribution in [0.5, 0.6) is 11.5 Å². The van der Waals surface area contributed by atoms with Crippen molar-refractivity contribution in [2.75, 3.05) is 13.6 Å². The van der Waals surface area contributed by atoms with Crippen LogP contribution in [0.25, 0.3) is 0 Å². The molecular formula is C21H24N2O4. The molecule has 1 aliphatic heterocycles. The highest BCUT2D eigenvalue weighted by atomic mass is 16.3. The van der Waals surface area contributed by atoms with Gasteiger partial charge in [-0.25, -0.2) is 0 Å². The summed E-state index contributed by atoms with van der Waals surface area (Å²) in [6.45, 7) is 3.49. The second-order valence-electron chi connectivity index (χ2n) is 6.90. The van der Waals surface area contributed by atoms with Crippen molar-refractivity contribution >= 4 is 11.8 Å². The fourth-order valence-electron chi connectivity index (χ4n) is 3.27. The van der Waals surface area contributed by atoms with E-state index < -0.39 is 0 Å². The standard InChI is InChI=1S/C21H24N2O4/c1-3-4-9-22(2)20(26)16-10-17(19(25)11-18(16)24)21(27)23-12-14-7-5-6-8-15(14)13-23/h5-8,10-11,24-25H,3-4,9,12-13H2,1-2H3. The smallest absolute Gasteiger partial charge is 0.258 e. The van der Waals surface area contributed by atoms with E-state index >= 15 is 0 Å². The van der Waals surface area contributed by atoms with Crippen LogP contribution in [0.15, 0.2) is 36.4 Å². The molecule has 1 heterocycles. The number of rotatable bonds is 5. The minimum atomic E-state index is -0.375. The Morgan fingerprint density at radius 3 is 2.22 bits per heavy atom. The number of nitrogens with zero attached hydrogens (tertiary/aromatic N) is 2. The molecule has 27 heavy (non-hydrogen) atoms. The fourth-order valence-corrected chi connectivity index (χ4v) is 3.27. The zero-order chi connectivity index (χ0) is 19.6. The van der Waals surface area contributed by atoms with Gasteiger partial charge in [-0.15, -0.1) is 0 Å². The number of carbonyl (C=O) groups excluding carboxylic acids is 2. The third-order valence-corrected chi connectivity index (χ3v) is 4.90. The molecule has 0 saturated carbocycles. The largest absolute Gasteiger partial charge is 0.507 e. The lowest BCUT2D eigenvalue weighted by Crippen LogP contribution is -2.29. The summed E-state index contributed by atoms with van der Waals surface area (Å²) in [4.78, 5) is 28.7. The van der Waals surface area contributed by atoms with Crippen molar-refractivity contribution in [1.29, 1.82) is 0 Å². The first-order valence-corrected chi connectivity index (χ1v) is 9.09. The summed E-state index contributed by atoms with van der Waals surface area (Å²) in [5.41, 5.74) is 2.18. The molecule has 0 aromatic heterocycles. The van der Waals surface area contributed by atoms with Gasteiger partial charge in [0, 0.05) is 32.7 Å². The summed E-state index contributed by atoms with van der Waals surface area (Å²) in [7, 11) is 1.66. The Morgan fingerprint density at radius 2 is 1.63 bits per heavy atom. The van der Waals surface area contributed by atoms with Crippen molar-refractivity contribution in [3.05, 3.63) is 58.7 Å². The zero-order valence-electron chi connectivity index (χ0n) is 15.6. The Labute approximate surface area is 158 Å². The Balaban J connectivity index is 1.86. The maximum absolute atomic E-state index is 12.9. The molecule has 2 aromatic carbocycles. The van der Waals surface area contributed by atoms with Crippen LogP contribution in [-0.2, 0) is 13.1 Å². The Morgan fingerprint density at radius 1 is 1.04 bits per heavy atom. The lowest BCUT2D eigenvalue weighted by Gasteiger charge is -2.20. The minimum absolute atomic E-state index is 0.0199. The van der Waals surface area contributed by atoms with E-state index in [1.54, 1.807) is 11.9 Å². The van der Waals surface area contributed by atoms with Crippen molar-refractivity contribution in [3.63, 3.8) is 0 Å². The van der Waals surface area contributed by atoms with Gasteiger partial charge in [-0.1, -0.05) is 37.6 Å². The molecule has 142 valence electrons. The van der Waals surface area contributed by atoms with Gasteiger partial charge in [-0.05, 0) is 23.6 Å². The summed E-state index contributed by atoms with van der Waals surface area (Å²) < 4.78 is 0. The zero-order valence-corrected chi connectivity index (χ0v) is 15.6. The van der Waals surface area contributed by atoms with Crippen molar-refractivity contribution < 1.29 is 19.8 Å². The lowest BCUT2D eigenvalue weighted by molar-refractivity contribution is 0.0748. The van der Waals surface area contributed by atoms with Gasteiger partial charge in [-0.3, -0.25) is 9.59 Å². The van der Waals surface area contributed by atoms with Crippen molar-refractivity contribution in [2.45, 2.75) is 32.9 Å². The predicted octanol–water partition coefficient (Wildman–Crippen LogP) is 3.13. The maximum atomic E-state index is 12.9. The topological polar surface area (TPSA) is 81.1 Å². The van der Waals surface area contributed by atoms with Crippen molar-refractivity contribution in [1.82, 2.24) is 9.80 Å². The van der Waals surface area contributed by atoms with Crippen LogP contribution < -0.4 is 0 Å². The van der Waals surface area contributed by atoms with Gasteiger partial charge in [0.05, 0.1) is 11.1 Å². The van der Waals surface area contributed by atoms with Gasteiger partial charge in [0.2, 0.25) is 0 Å². The predicted molar refractivity (Wildman–Crippen MR) is 102 cm³/mol. The average Bonchev–Trinajstić information content (AvgIpc) is 3.09. The van der Waals surface area contributed by atoms with E-state index in [9.17, 15) is 19.8 Å². The van der Waals surface area contributed by atoms with Crippen molar-refractivity contribution in [2.24, 2.45) is 0 Å². The molecule has 3 rings (SSSR count). The third-order valence-electron chi connectivity index (χ3n) is 4.90. The van der Waals surface area contributed by atoms with Crippen LogP contribution in [-0.4, -0.2) is 45.4 Å². The highest BCUT2D eigenvalue weighted by Crippen LogP contribution is 2.31. The van der Waals surface area contributed by atoms with E-state index in [-0.39, 0.29) is 34.4 Å². The summed E-state index contributed by atoms with van der Waals surface area (Å²) in [6.07, 6.45) is 1.79. The van der Waals surface area contributed by atoms with Gasteiger partial charge >= 0.3 is 0 Å². The number of phenols is 2. The van der Waals surface area contributed by atoms with Crippen LogP contribution in [0, 0.1) is 0 Å². The molecule has 0 bridgehead atoms. The molecule has 0 spiro atoms. The van der Waals surface area contributed by atoms with E-state index in [4.69, 9.17) is 0 Å². The molecule has 0 saturated heterocycles. The number of carbonyl (C=O) groups is 2. The summed E-state index contributed by atoms with van der Waals surface area (Å²) in [5.74, 6) is -1.41. The van der Waals surface area contributed by atoms with Crippen LogP contribution in [0.3, 0.4) is 0 Å².